The third kappa shape index (κ3) is 4.65. The van der Waals surface area contributed by atoms with E-state index in [9.17, 15) is 4.79 Å². The molecule has 3 heteroatoms. The normalized spacial score (nSPS) is 16.5. The summed E-state index contributed by atoms with van der Waals surface area (Å²) in [5, 5.41) is 6.46. The minimum Gasteiger partial charge on any atom is -0.353 e. The monoisotopic (exact) mass is 212 g/mol. The summed E-state index contributed by atoms with van der Waals surface area (Å²) < 4.78 is 0. The first-order chi connectivity index (χ1) is 7.09. The van der Waals surface area contributed by atoms with Crippen molar-refractivity contribution < 1.29 is 4.79 Å². The molecule has 0 aliphatic heterocycles. The maximum Gasteiger partial charge on any atom is 0.221 e. The highest BCUT2D eigenvalue weighted by atomic mass is 16.1. The molecule has 0 aromatic rings. The zero-order valence-corrected chi connectivity index (χ0v) is 10.2. The summed E-state index contributed by atoms with van der Waals surface area (Å²) in [4.78, 5) is 11.4. The molecule has 88 valence electrons. The van der Waals surface area contributed by atoms with E-state index in [0.717, 1.165) is 19.4 Å². The van der Waals surface area contributed by atoms with Gasteiger partial charge in [0, 0.05) is 24.5 Å². The SMILES string of the molecule is CCC(C)(CC)NCCC(=O)NC1CC1. The molecule has 0 heterocycles. The summed E-state index contributed by atoms with van der Waals surface area (Å²) >= 11 is 0. The van der Waals surface area contributed by atoms with Gasteiger partial charge in [-0.05, 0) is 32.6 Å². The molecule has 0 spiro atoms. The molecular formula is C12H24N2O. The van der Waals surface area contributed by atoms with E-state index in [1.165, 1.54) is 12.8 Å². The van der Waals surface area contributed by atoms with E-state index < -0.39 is 0 Å². The molecule has 1 fully saturated rings. The minimum atomic E-state index is 0.194. The van der Waals surface area contributed by atoms with Crippen LogP contribution in [0.15, 0.2) is 0 Å². The van der Waals surface area contributed by atoms with Gasteiger partial charge >= 0.3 is 0 Å². The Labute approximate surface area is 93.0 Å². The highest BCUT2D eigenvalue weighted by Crippen LogP contribution is 2.18. The summed E-state index contributed by atoms with van der Waals surface area (Å²) in [6.45, 7) is 7.37. The van der Waals surface area contributed by atoms with Crippen LogP contribution in [-0.4, -0.2) is 24.0 Å². The lowest BCUT2D eigenvalue weighted by Crippen LogP contribution is -2.43. The van der Waals surface area contributed by atoms with Crippen molar-refractivity contribution in [1.82, 2.24) is 10.6 Å². The number of rotatable bonds is 7. The molecule has 0 bridgehead atoms. The van der Waals surface area contributed by atoms with Gasteiger partial charge in [0.25, 0.3) is 0 Å². The van der Waals surface area contributed by atoms with Crippen LogP contribution in [0.2, 0.25) is 0 Å². The van der Waals surface area contributed by atoms with Crippen LogP contribution in [0.25, 0.3) is 0 Å². The molecule has 1 aliphatic carbocycles. The van der Waals surface area contributed by atoms with Crippen LogP contribution in [0.4, 0.5) is 0 Å². The first-order valence-electron chi connectivity index (χ1n) is 6.14. The Hall–Kier alpha value is -0.570. The highest BCUT2D eigenvalue weighted by Gasteiger charge is 2.23. The summed E-state index contributed by atoms with van der Waals surface area (Å²) in [5.41, 5.74) is 0.194. The van der Waals surface area contributed by atoms with E-state index in [2.05, 4.69) is 31.4 Å². The average Bonchev–Trinajstić information content (AvgIpc) is 3.01. The van der Waals surface area contributed by atoms with Gasteiger partial charge in [-0.1, -0.05) is 13.8 Å². The van der Waals surface area contributed by atoms with Crippen molar-refractivity contribution in [3.05, 3.63) is 0 Å². The molecule has 0 aromatic heterocycles. The summed E-state index contributed by atoms with van der Waals surface area (Å²) in [6, 6.07) is 0.487. The average molecular weight is 212 g/mol. The van der Waals surface area contributed by atoms with Crippen molar-refractivity contribution >= 4 is 5.91 Å². The minimum absolute atomic E-state index is 0.194. The first kappa shape index (κ1) is 12.5. The van der Waals surface area contributed by atoms with Crippen LogP contribution < -0.4 is 10.6 Å². The molecule has 0 aromatic carbocycles. The Balaban J connectivity index is 2.10. The van der Waals surface area contributed by atoms with Gasteiger partial charge in [0.1, 0.15) is 0 Å². The Morgan fingerprint density at radius 3 is 2.40 bits per heavy atom. The quantitative estimate of drug-likeness (QED) is 0.676. The van der Waals surface area contributed by atoms with Crippen LogP contribution in [0, 0.1) is 0 Å². The first-order valence-corrected chi connectivity index (χ1v) is 6.14. The number of amides is 1. The predicted octanol–water partition coefficient (Wildman–Crippen LogP) is 1.82. The van der Waals surface area contributed by atoms with E-state index in [4.69, 9.17) is 0 Å². The number of hydrogen-bond acceptors (Lipinski definition) is 2. The smallest absolute Gasteiger partial charge is 0.221 e. The zero-order valence-electron chi connectivity index (χ0n) is 10.2. The fraction of sp³-hybridized carbons (Fsp3) is 0.917. The van der Waals surface area contributed by atoms with Gasteiger partial charge in [0.2, 0.25) is 5.91 Å². The Kier molecular flexibility index (Phi) is 4.58. The summed E-state index contributed by atoms with van der Waals surface area (Å²) in [7, 11) is 0. The maximum absolute atomic E-state index is 11.4. The molecule has 1 amide bonds. The van der Waals surface area contributed by atoms with E-state index in [1.807, 2.05) is 0 Å². The number of nitrogens with one attached hydrogen (secondary N) is 2. The van der Waals surface area contributed by atoms with Crippen LogP contribution in [0.5, 0.6) is 0 Å². The van der Waals surface area contributed by atoms with Crippen molar-refractivity contribution in [3.63, 3.8) is 0 Å². The maximum atomic E-state index is 11.4. The fourth-order valence-electron chi connectivity index (χ4n) is 1.51. The third-order valence-electron chi connectivity index (χ3n) is 3.41. The van der Waals surface area contributed by atoms with Gasteiger partial charge in [-0.3, -0.25) is 4.79 Å². The van der Waals surface area contributed by atoms with Crippen molar-refractivity contribution in [3.8, 4) is 0 Å². The van der Waals surface area contributed by atoms with E-state index in [-0.39, 0.29) is 11.4 Å². The Bertz CT molecular complexity index is 208. The Morgan fingerprint density at radius 1 is 1.33 bits per heavy atom. The molecule has 0 radical (unpaired) electrons. The largest absolute Gasteiger partial charge is 0.353 e. The molecule has 3 nitrogen and oxygen atoms in total. The van der Waals surface area contributed by atoms with Crippen LogP contribution >= 0.6 is 0 Å². The second-order valence-electron chi connectivity index (χ2n) is 4.79. The molecule has 1 saturated carbocycles. The molecule has 2 N–H and O–H groups in total. The molecule has 1 aliphatic rings. The van der Waals surface area contributed by atoms with E-state index >= 15 is 0 Å². The second-order valence-corrected chi connectivity index (χ2v) is 4.79. The van der Waals surface area contributed by atoms with Crippen LogP contribution in [-0.2, 0) is 4.79 Å². The lowest BCUT2D eigenvalue weighted by molar-refractivity contribution is -0.121. The number of hydrogen-bond donors (Lipinski definition) is 2. The summed E-state index contributed by atoms with van der Waals surface area (Å²) in [5.74, 6) is 0.194. The number of carbonyl (C=O) groups excluding carboxylic acids is 1. The van der Waals surface area contributed by atoms with Crippen molar-refractivity contribution in [2.24, 2.45) is 0 Å². The fourth-order valence-corrected chi connectivity index (χ4v) is 1.51. The number of carbonyl (C=O) groups is 1. The summed E-state index contributed by atoms with van der Waals surface area (Å²) in [6.07, 6.45) is 5.15. The third-order valence-corrected chi connectivity index (χ3v) is 3.41. The zero-order chi connectivity index (χ0) is 11.3. The van der Waals surface area contributed by atoms with Crippen molar-refractivity contribution in [2.75, 3.05) is 6.54 Å². The lowest BCUT2D eigenvalue weighted by atomic mass is 9.95. The Morgan fingerprint density at radius 2 is 1.93 bits per heavy atom. The van der Waals surface area contributed by atoms with Crippen LogP contribution in [0.3, 0.4) is 0 Å². The van der Waals surface area contributed by atoms with Gasteiger partial charge in [-0.15, -0.1) is 0 Å². The molecule has 15 heavy (non-hydrogen) atoms. The van der Waals surface area contributed by atoms with Crippen LogP contribution in [0.1, 0.15) is 52.9 Å². The second kappa shape index (κ2) is 5.50. The predicted molar refractivity (Wildman–Crippen MR) is 62.8 cm³/mol. The van der Waals surface area contributed by atoms with Gasteiger partial charge in [0.15, 0.2) is 0 Å². The highest BCUT2D eigenvalue weighted by molar-refractivity contribution is 5.76. The van der Waals surface area contributed by atoms with Gasteiger partial charge in [0.05, 0.1) is 0 Å². The molecule has 0 unspecified atom stereocenters. The molecule has 1 rings (SSSR count). The van der Waals surface area contributed by atoms with Gasteiger partial charge in [-0.25, -0.2) is 0 Å². The molecule has 0 saturated heterocycles. The van der Waals surface area contributed by atoms with Gasteiger partial charge < -0.3 is 10.6 Å². The molecule has 0 atom stereocenters. The van der Waals surface area contributed by atoms with E-state index in [0.29, 0.717) is 12.5 Å². The lowest BCUT2D eigenvalue weighted by Gasteiger charge is -2.28. The topological polar surface area (TPSA) is 41.1 Å². The molecular weight excluding hydrogens is 188 g/mol. The van der Waals surface area contributed by atoms with E-state index in [1.54, 1.807) is 0 Å². The van der Waals surface area contributed by atoms with Gasteiger partial charge in [-0.2, -0.15) is 0 Å². The standard InChI is InChI=1S/C12H24N2O/c1-4-12(3,5-2)13-9-8-11(15)14-10-6-7-10/h10,13H,4-9H2,1-3H3,(H,14,15). The van der Waals surface area contributed by atoms with Crippen molar-refractivity contribution in [2.45, 2.75) is 64.5 Å². The van der Waals surface area contributed by atoms with Crippen molar-refractivity contribution in [1.29, 1.82) is 0 Å².